The SMILES string of the molecule is CN(C)C(=O)CSc1ccccc1C(=O)Nc1ccc2c(c1)OC(F)(F)O2. The molecule has 6 nitrogen and oxygen atoms in total. The second-order valence-corrected chi connectivity index (χ2v) is 6.87. The van der Waals surface area contributed by atoms with Gasteiger partial charge in [0.05, 0.1) is 11.3 Å². The fourth-order valence-corrected chi connectivity index (χ4v) is 3.30. The van der Waals surface area contributed by atoms with Crippen LogP contribution >= 0.6 is 11.8 Å². The van der Waals surface area contributed by atoms with Gasteiger partial charge in [-0.25, -0.2) is 0 Å². The topological polar surface area (TPSA) is 67.9 Å². The maximum atomic E-state index is 13.1. The van der Waals surface area contributed by atoms with Crippen LogP contribution < -0.4 is 14.8 Å². The van der Waals surface area contributed by atoms with Crippen LogP contribution in [0.1, 0.15) is 10.4 Å². The lowest BCUT2D eigenvalue weighted by Crippen LogP contribution is -2.25. The second-order valence-electron chi connectivity index (χ2n) is 5.86. The maximum absolute atomic E-state index is 13.1. The zero-order valence-corrected chi connectivity index (χ0v) is 15.3. The van der Waals surface area contributed by atoms with Gasteiger partial charge in [-0.05, 0) is 24.3 Å². The van der Waals surface area contributed by atoms with E-state index in [1.54, 1.807) is 38.4 Å². The lowest BCUT2D eigenvalue weighted by atomic mass is 10.2. The van der Waals surface area contributed by atoms with Gasteiger partial charge in [-0.3, -0.25) is 9.59 Å². The number of fused-ring (bicyclic) bond motifs is 1. The molecule has 0 saturated heterocycles. The first kappa shape index (κ1) is 19.0. The molecule has 0 unspecified atom stereocenters. The van der Waals surface area contributed by atoms with Crippen molar-refractivity contribution < 1.29 is 27.8 Å². The zero-order chi connectivity index (χ0) is 19.6. The van der Waals surface area contributed by atoms with Crippen molar-refractivity contribution in [2.75, 3.05) is 25.2 Å². The van der Waals surface area contributed by atoms with Crippen LogP contribution in [0.15, 0.2) is 47.4 Å². The number of rotatable bonds is 5. The summed E-state index contributed by atoms with van der Waals surface area (Å²) in [7, 11) is 3.31. The number of carbonyl (C=O) groups is 2. The van der Waals surface area contributed by atoms with Crippen molar-refractivity contribution in [2.24, 2.45) is 0 Å². The highest BCUT2D eigenvalue weighted by molar-refractivity contribution is 8.00. The second kappa shape index (κ2) is 7.43. The number of hydrogen-bond donors (Lipinski definition) is 1. The summed E-state index contributed by atoms with van der Waals surface area (Å²) in [6.07, 6.45) is -3.72. The van der Waals surface area contributed by atoms with Gasteiger partial charge in [0.15, 0.2) is 11.5 Å². The van der Waals surface area contributed by atoms with Crippen LogP contribution in [0.2, 0.25) is 0 Å². The molecule has 142 valence electrons. The fraction of sp³-hybridized carbons (Fsp3) is 0.222. The van der Waals surface area contributed by atoms with Gasteiger partial charge in [0, 0.05) is 30.7 Å². The Kier molecular flexibility index (Phi) is 5.22. The number of amides is 2. The largest absolute Gasteiger partial charge is 0.586 e. The summed E-state index contributed by atoms with van der Waals surface area (Å²) in [6.45, 7) is 0. The average molecular weight is 394 g/mol. The molecule has 0 bridgehead atoms. The van der Waals surface area contributed by atoms with Gasteiger partial charge in [0.2, 0.25) is 5.91 Å². The van der Waals surface area contributed by atoms with Crippen molar-refractivity contribution >= 4 is 29.3 Å². The highest BCUT2D eigenvalue weighted by atomic mass is 32.2. The van der Waals surface area contributed by atoms with E-state index < -0.39 is 12.2 Å². The molecule has 3 rings (SSSR count). The molecule has 0 aromatic heterocycles. The molecule has 1 aliphatic rings. The van der Waals surface area contributed by atoms with E-state index in [4.69, 9.17) is 0 Å². The van der Waals surface area contributed by atoms with E-state index in [-0.39, 0.29) is 28.8 Å². The molecule has 2 aromatic rings. The number of nitrogens with zero attached hydrogens (tertiary/aromatic N) is 1. The first-order chi connectivity index (χ1) is 12.7. The van der Waals surface area contributed by atoms with Gasteiger partial charge < -0.3 is 19.7 Å². The van der Waals surface area contributed by atoms with Gasteiger partial charge in [-0.2, -0.15) is 0 Å². The van der Waals surface area contributed by atoms with Crippen molar-refractivity contribution in [3.8, 4) is 11.5 Å². The third-order valence-electron chi connectivity index (χ3n) is 3.64. The van der Waals surface area contributed by atoms with Crippen LogP contribution in [-0.2, 0) is 4.79 Å². The number of halogens is 2. The quantitative estimate of drug-likeness (QED) is 0.787. The number of carbonyl (C=O) groups excluding carboxylic acids is 2. The number of thioether (sulfide) groups is 1. The van der Waals surface area contributed by atoms with Gasteiger partial charge in [-0.15, -0.1) is 20.5 Å². The first-order valence-electron chi connectivity index (χ1n) is 7.88. The Morgan fingerprint density at radius 1 is 1.11 bits per heavy atom. The maximum Gasteiger partial charge on any atom is 0.586 e. The fourth-order valence-electron chi connectivity index (χ4n) is 2.27. The smallest absolute Gasteiger partial charge is 0.395 e. The molecule has 2 aromatic carbocycles. The average Bonchev–Trinajstić information content (AvgIpc) is 2.92. The molecule has 0 saturated carbocycles. The number of ether oxygens (including phenoxy) is 2. The summed E-state index contributed by atoms with van der Waals surface area (Å²) in [5.41, 5.74) is 0.654. The number of benzene rings is 2. The summed E-state index contributed by atoms with van der Waals surface area (Å²) >= 11 is 1.25. The number of alkyl halides is 2. The van der Waals surface area contributed by atoms with Gasteiger partial charge in [0.25, 0.3) is 5.91 Å². The molecule has 1 aliphatic heterocycles. The predicted molar refractivity (Wildman–Crippen MR) is 96.5 cm³/mol. The molecular weight excluding hydrogens is 378 g/mol. The van der Waals surface area contributed by atoms with E-state index in [1.807, 2.05) is 0 Å². The normalized spacial score (nSPS) is 13.9. The summed E-state index contributed by atoms with van der Waals surface area (Å²) in [5, 5.41) is 2.64. The Balaban J connectivity index is 1.73. The Hall–Kier alpha value is -2.81. The highest BCUT2D eigenvalue weighted by Crippen LogP contribution is 2.42. The minimum atomic E-state index is -3.72. The van der Waals surface area contributed by atoms with Crippen molar-refractivity contribution in [3.63, 3.8) is 0 Å². The standard InChI is InChI=1S/C18H16F2N2O4S/c1-22(2)16(23)10-27-15-6-4-3-5-12(15)17(24)21-11-7-8-13-14(9-11)26-18(19,20)25-13/h3-9H,10H2,1-2H3,(H,21,24). The summed E-state index contributed by atoms with van der Waals surface area (Å²) in [5.74, 6) is -0.572. The van der Waals surface area contributed by atoms with Crippen molar-refractivity contribution in [1.29, 1.82) is 0 Å². The molecule has 2 amide bonds. The Morgan fingerprint density at radius 3 is 2.56 bits per heavy atom. The molecular formula is C18H16F2N2O4S. The van der Waals surface area contributed by atoms with Crippen LogP contribution in [-0.4, -0.2) is 42.9 Å². The third kappa shape index (κ3) is 4.48. The van der Waals surface area contributed by atoms with E-state index in [0.29, 0.717) is 10.5 Å². The van der Waals surface area contributed by atoms with Crippen LogP contribution in [0.5, 0.6) is 11.5 Å². The molecule has 0 fully saturated rings. The summed E-state index contributed by atoms with van der Waals surface area (Å²) < 4.78 is 34.9. The van der Waals surface area contributed by atoms with Gasteiger partial charge in [-0.1, -0.05) is 12.1 Å². The number of nitrogens with one attached hydrogen (secondary N) is 1. The van der Waals surface area contributed by atoms with Crippen LogP contribution in [0.4, 0.5) is 14.5 Å². The molecule has 0 atom stereocenters. The van der Waals surface area contributed by atoms with E-state index in [0.717, 1.165) is 0 Å². The van der Waals surface area contributed by atoms with E-state index >= 15 is 0 Å². The van der Waals surface area contributed by atoms with Crippen molar-refractivity contribution in [1.82, 2.24) is 4.90 Å². The van der Waals surface area contributed by atoms with Gasteiger partial charge >= 0.3 is 6.29 Å². The van der Waals surface area contributed by atoms with Crippen LogP contribution in [0.3, 0.4) is 0 Å². The highest BCUT2D eigenvalue weighted by Gasteiger charge is 2.43. The monoisotopic (exact) mass is 394 g/mol. The molecule has 0 aliphatic carbocycles. The van der Waals surface area contributed by atoms with Crippen molar-refractivity contribution in [3.05, 3.63) is 48.0 Å². The summed E-state index contributed by atoms with van der Waals surface area (Å²) in [6, 6.07) is 10.8. The number of anilines is 1. The molecule has 0 radical (unpaired) electrons. The number of hydrogen-bond acceptors (Lipinski definition) is 5. The lowest BCUT2D eigenvalue weighted by molar-refractivity contribution is -0.286. The van der Waals surface area contributed by atoms with Gasteiger partial charge in [0.1, 0.15) is 0 Å². The minimum absolute atomic E-state index is 0.0769. The Labute approximate surface area is 158 Å². The zero-order valence-electron chi connectivity index (χ0n) is 14.5. The molecule has 0 spiro atoms. The Bertz CT molecular complexity index is 889. The molecule has 1 heterocycles. The minimum Gasteiger partial charge on any atom is -0.395 e. The van der Waals surface area contributed by atoms with Crippen LogP contribution in [0.25, 0.3) is 0 Å². The third-order valence-corrected chi connectivity index (χ3v) is 4.70. The van der Waals surface area contributed by atoms with E-state index in [2.05, 4.69) is 14.8 Å². The molecule has 1 N–H and O–H groups in total. The van der Waals surface area contributed by atoms with Crippen molar-refractivity contribution in [2.45, 2.75) is 11.2 Å². The molecule has 9 heteroatoms. The summed E-state index contributed by atoms with van der Waals surface area (Å²) in [4.78, 5) is 26.5. The van der Waals surface area contributed by atoms with Crippen LogP contribution in [0, 0.1) is 0 Å². The first-order valence-corrected chi connectivity index (χ1v) is 8.87. The molecule has 27 heavy (non-hydrogen) atoms. The van der Waals surface area contributed by atoms with E-state index in [1.165, 1.54) is 34.9 Å². The predicted octanol–water partition coefficient (Wildman–Crippen LogP) is 3.44. The lowest BCUT2D eigenvalue weighted by Gasteiger charge is -2.12. The van der Waals surface area contributed by atoms with E-state index in [9.17, 15) is 18.4 Å². The Morgan fingerprint density at radius 2 is 1.81 bits per heavy atom.